The highest BCUT2D eigenvalue weighted by Gasteiger charge is 2.47. The van der Waals surface area contributed by atoms with Crippen molar-refractivity contribution in [2.24, 2.45) is 5.41 Å². The summed E-state index contributed by atoms with van der Waals surface area (Å²) in [5.74, 6) is 0.414. The van der Waals surface area contributed by atoms with Crippen molar-refractivity contribution in [1.29, 1.82) is 0 Å². The lowest BCUT2D eigenvalue weighted by atomic mass is 9.92. The van der Waals surface area contributed by atoms with Crippen molar-refractivity contribution in [3.8, 4) is 5.75 Å². The molecule has 0 radical (unpaired) electrons. The van der Waals surface area contributed by atoms with Crippen molar-refractivity contribution in [2.45, 2.75) is 26.2 Å². The normalized spacial score (nSPS) is 16.1. The second kappa shape index (κ2) is 4.40. The number of hydrogen-bond donors (Lipinski definition) is 0. The van der Waals surface area contributed by atoms with Gasteiger partial charge in [-0.2, -0.15) is 0 Å². The lowest BCUT2D eigenvalue weighted by Crippen LogP contribution is -2.15. The van der Waals surface area contributed by atoms with Gasteiger partial charge in [0, 0.05) is 11.5 Å². The zero-order valence-electron chi connectivity index (χ0n) is 10.4. The van der Waals surface area contributed by atoms with Crippen LogP contribution in [0.1, 0.15) is 25.3 Å². The molecular weight excluding hydrogens is 234 g/mol. The Balaban J connectivity index is 2.28. The minimum Gasteiger partial charge on any atom is -0.490 e. The smallest absolute Gasteiger partial charge is 0.311 e. The van der Waals surface area contributed by atoms with E-state index < -0.39 is 4.92 Å². The fourth-order valence-electron chi connectivity index (χ4n) is 2.18. The first kappa shape index (κ1) is 12.5. The molecule has 96 valence electrons. The van der Waals surface area contributed by atoms with Gasteiger partial charge in [-0.1, -0.05) is 6.07 Å². The van der Waals surface area contributed by atoms with E-state index in [4.69, 9.17) is 4.74 Å². The molecule has 2 rings (SSSR count). The van der Waals surface area contributed by atoms with E-state index in [0.29, 0.717) is 6.42 Å². The first-order valence-electron chi connectivity index (χ1n) is 5.81. The maximum Gasteiger partial charge on any atom is 0.311 e. The molecule has 1 aromatic rings. The molecule has 0 heterocycles. The van der Waals surface area contributed by atoms with Crippen LogP contribution in [0.3, 0.4) is 0 Å². The Labute approximate surface area is 105 Å². The lowest BCUT2D eigenvalue weighted by Gasteiger charge is -2.11. The molecule has 0 amide bonds. The molecule has 18 heavy (non-hydrogen) atoms. The topological polar surface area (TPSA) is 69.4 Å². The average molecular weight is 249 g/mol. The maximum atomic E-state index is 11.5. The van der Waals surface area contributed by atoms with Gasteiger partial charge in [0.2, 0.25) is 0 Å². The van der Waals surface area contributed by atoms with Crippen LogP contribution in [0, 0.1) is 15.5 Å². The van der Waals surface area contributed by atoms with Gasteiger partial charge < -0.3 is 4.74 Å². The monoisotopic (exact) mass is 249 g/mol. The largest absolute Gasteiger partial charge is 0.490 e. The molecule has 0 aliphatic heterocycles. The van der Waals surface area contributed by atoms with E-state index in [1.54, 1.807) is 19.1 Å². The van der Waals surface area contributed by atoms with Crippen LogP contribution in [0.5, 0.6) is 5.75 Å². The number of nitro groups is 1. The maximum absolute atomic E-state index is 11.5. The fourth-order valence-corrected chi connectivity index (χ4v) is 2.18. The molecule has 0 N–H and O–H groups in total. The van der Waals surface area contributed by atoms with Crippen LogP contribution < -0.4 is 4.74 Å². The van der Waals surface area contributed by atoms with Gasteiger partial charge in [0.25, 0.3) is 0 Å². The van der Waals surface area contributed by atoms with Gasteiger partial charge in [0.15, 0.2) is 5.75 Å². The molecule has 0 unspecified atom stereocenters. The number of nitro benzene ring substituents is 1. The predicted molar refractivity (Wildman–Crippen MR) is 65.7 cm³/mol. The first-order chi connectivity index (χ1) is 8.48. The Kier molecular flexibility index (Phi) is 3.07. The zero-order chi connectivity index (χ0) is 13.3. The van der Waals surface area contributed by atoms with Crippen LogP contribution in [-0.4, -0.2) is 17.8 Å². The van der Waals surface area contributed by atoms with Gasteiger partial charge in [-0.05, 0) is 37.8 Å². The van der Waals surface area contributed by atoms with E-state index in [1.165, 1.54) is 13.2 Å². The second-order valence-corrected chi connectivity index (χ2v) is 4.78. The summed E-state index contributed by atoms with van der Waals surface area (Å²) in [6.07, 6.45) is 2.33. The Bertz CT molecular complexity index is 506. The van der Waals surface area contributed by atoms with Crippen LogP contribution in [0.2, 0.25) is 0 Å². The minimum atomic E-state index is -0.463. The van der Waals surface area contributed by atoms with Crippen LogP contribution in [0.4, 0.5) is 5.69 Å². The Morgan fingerprint density at radius 1 is 1.50 bits per heavy atom. The molecule has 1 aliphatic carbocycles. The van der Waals surface area contributed by atoms with Crippen molar-refractivity contribution in [1.82, 2.24) is 0 Å². The summed E-state index contributed by atoms with van der Waals surface area (Å²) in [6, 6.07) is 4.88. The fraction of sp³-hybridized carbons (Fsp3) is 0.462. The van der Waals surface area contributed by atoms with Crippen molar-refractivity contribution < 1.29 is 14.5 Å². The standard InChI is InChI=1S/C13H15NO4/c1-9(15)13(5-6-13)8-10-3-4-12(18-2)11(7-10)14(16)17/h3-4,7H,5-6,8H2,1-2H3. The van der Waals surface area contributed by atoms with E-state index in [1.807, 2.05) is 0 Å². The number of ketones is 1. The van der Waals surface area contributed by atoms with E-state index in [9.17, 15) is 14.9 Å². The van der Waals surface area contributed by atoms with Crippen molar-refractivity contribution in [3.63, 3.8) is 0 Å². The van der Waals surface area contributed by atoms with Gasteiger partial charge in [-0.3, -0.25) is 14.9 Å². The quantitative estimate of drug-likeness (QED) is 0.594. The van der Waals surface area contributed by atoms with E-state index in [-0.39, 0.29) is 22.6 Å². The second-order valence-electron chi connectivity index (χ2n) is 4.78. The molecule has 5 heteroatoms. The Morgan fingerprint density at radius 2 is 2.17 bits per heavy atom. The van der Waals surface area contributed by atoms with E-state index in [0.717, 1.165) is 18.4 Å². The predicted octanol–water partition coefficient (Wildman–Crippen LogP) is 2.52. The number of rotatable bonds is 5. The summed E-state index contributed by atoms with van der Waals surface area (Å²) in [7, 11) is 1.40. The van der Waals surface area contributed by atoms with Crippen LogP contribution >= 0.6 is 0 Å². The summed E-state index contributed by atoms with van der Waals surface area (Å²) in [6.45, 7) is 1.59. The molecule has 1 saturated carbocycles. The zero-order valence-corrected chi connectivity index (χ0v) is 10.4. The summed E-state index contributed by atoms with van der Waals surface area (Å²) >= 11 is 0. The third kappa shape index (κ3) is 2.20. The lowest BCUT2D eigenvalue weighted by molar-refractivity contribution is -0.385. The van der Waals surface area contributed by atoms with Crippen LogP contribution in [0.25, 0.3) is 0 Å². The number of nitrogens with zero attached hydrogens (tertiary/aromatic N) is 1. The van der Waals surface area contributed by atoms with E-state index in [2.05, 4.69) is 0 Å². The summed E-state index contributed by atoms with van der Waals surface area (Å²) < 4.78 is 4.95. The molecule has 0 aromatic heterocycles. The van der Waals surface area contributed by atoms with Gasteiger partial charge in [-0.15, -0.1) is 0 Å². The third-order valence-electron chi connectivity index (χ3n) is 3.58. The number of ether oxygens (including phenoxy) is 1. The Hall–Kier alpha value is -1.91. The number of carbonyl (C=O) groups excluding carboxylic acids is 1. The number of Topliss-reactive ketones (excluding diaryl/α,β-unsaturated/α-hetero) is 1. The summed E-state index contributed by atoms with van der Waals surface area (Å²) in [4.78, 5) is 22.0. The summed E-state index contributed by atoms with van der Waals surface area (Å²) in [5, 5.41) is 10.9. The number of methoxy groups -OCH3 is 1. The molecule has 0 atom stereocenters. The number of carbonyl (C=O) groups is 1. The average Bonchev–Trinajstić information content (AvgIpc) is 3.10. The van der Waals surface area contributed by atoms with Gasteiger partial charge in [0.1, 0.15) is 5.78 Å². The highest BCUT2D eigenvalue weighted by atomic mass is 16.6. The third-order valence-corrected chi connectivity index (χ3v) is 3.58. The minimum absolute atomic E-state index is 0.0469. The van der Waals surface area contributed by atoms with Crippen LogP contribution in [0.15, 0.2) is 18.2 Å². The van der Waals surface area contributed by atoms with Crippen molar-refractivity contribution >= 4 is 11.5 Å². The number of hydrogen-bond acceptors (Lipinski definition) is 4. The molecule has 5 nitrogen and oxygen atoms in total. The van der Waals surface area contributed by atoms with Crippen molar-refractivity contribution in [2.75, 3.05) is 7.11 Å². The number of benzene rings is 1. The molecule has 1 fully saturated rings. The SMILES string of the molecule is COc1ccc(CC2(C(C)=O)CC2)cc1[N+](=O)[O-]. The molecular formula is C13H15NO4. The molecule has 0 spiro atoms. The van der Waals surface area contributed by atoms with Gasteiger partial charge >= 0.3 is 5.69 Å². The highest BCUT2D eigenvalue weighted by Crippen LogP contribution is 2.49. The highest BCUT2D eigenvalue weighted by molar-refractivity contribution is 5.85. The summed E-state index contributed by atoms with van der Waals surface area (Å²) in [5.41, 5.74) is 0.493. The molecule has 1 aromatic carbocycles. The first-order valence-corrected chi connectivity index (χ1v) is 5.81. The van der Waals surface area contributed by atoms with Gasteiger partial charge in [-0.25, -0.2) is 0 Å². The van der Waals surface area contributed by atoms with Crippen LogP contribution in [-0.2, 0) is 11.2 Å². The molecule has 1 aliphatic rings. The molecule has 0 saturated heterocycles. The Morgan fingerprint density at radius 3 is 2.61 bits per heavy atom. The van der Waals surface area contributed by atoms with Crippen molar-refractivity contribution in [3.05, 3.63) is 33.9 Å². The molecule has 0 bridgehead atoms. The van der Waals surface area contributed by atoms with E-state index >= 15 is 0 Å². The van der Waals surface area contributed by atoms with Gasteiger partial charge in [0.05, 0.1) is 12.0 Å².